The van der Waals surface area contributed by atoms with Crippen LogP contribution in [-0.4, -0.2) is 46.6 Å². The Morgan fingerprint density at radius 3 is 2.56 bits per heavy atom. The Hall–Kier alpha value is -6.40. The van der Waals surface area contributed by atoms with E-state index < -0.39 is 40.2 Å². The van der Waals surface area contributed by atoms with Gasteiger partial charge < -0.3 is 32.3 Å². The second kappa shape index (κ2) is 14.0. The third-order valence-electron chi connectivity index (χ3n) is 7.87. The Bertz CT molecular complexity index is 2400. The van der Waals surface area contributed by atoms with Gasteiger partial charge in [0.2, 0.25) is 11.7 Å². The number of nitrogens with two attached hydrogens (primary N) is 2. The van der Waals surface area contributed by atoms with E-state index in [-0.39, 0.29) is 53.5 Å². The second-order valence-corrected chi connectivity index (χ2v) is 11.0. The van der Waals surface area contributed by atoms with Crippen molar-refractivity contribution in [1.29, 1.82) is 0 Å². The second-order valence-electron chi connectivity index (χ2n) is 11.0. The molecule has 0 bridgehead atoms. The topological polar surface area (TPSA) is 274 Å². The van der Waals surface area contributed by atoms with Gasteiger partial charge in [0.15, 0.2) is 5.82 Å². The number of H-pyrrole nitrogens is 1. The molecule has 1 aliphatic rings. The Kier molecular flexibility index (Phi) is 9.77. The molecule has 0 unspecified atom stereocenters. The lowest BCUT2D eigenvalue weighted by Gasteiger charge is -2.14. The summed E-state index contributed by atoms with van der Waals surface area (Å²) in [5.74, 6) is -3.07. The van der Waals surface area contributed by atoms with E-state index >= 15 is 0 Å². The number of carboxylic acids is 1. The number of anilines is 2. The van der Waals surface area contributed by atoms with Crippen LogP contribution in [0.5, 0.6) is 5.88 Å². The van der Waals surface area contributed by atoms with E-state index in [0.717, 1.165) is 33.4 Å². The molecule has 3 aromatic heterocycles. The van der Waals surface area contributed by atoms with Crippen LogP contribution in [0.1, 0.15) is 55.7 Å². The van der Waals surface area contributed by atoms with Gasteiger partial charge in [-0.2, -0.15) is 4.98 Å². The lowest BCUT2D eigenvalue weighted by molar-refractivity contribution is 0.0688. The van der Waals surface area contributed by atoms with Crippen LogP contribution in [0.15, 0.2) is 67.6 Å². The number of carbonyl (C=O) groups is 2. The highest BCUT2D eigenvalue weighted by molar-refractivity contribution is 5.96. The molecule has 50 heavy (non-hydrogen) atoms. The average Bonchev–Trinajstić information content (AvgIpc) is 3.82. The summed E-state index contributed by atoms with van der Waals surface area (Å²) < 4.78 is 19.1. The number of imidazole rings is 1. The number of aromatic amines is 1. The van der Waals surface area contributed by atoms with Crippen LogP contribution in [0, 0.1) is 5.82 Å². The molecule has 1 amide bonds. The van der Waals surface area contributed by atoms with E-state index in [1.807, 2.05) is 12.1 Å². The van der Waals surface area contributed by atoms with Crippen LogP contribution in [-0.2, 0) is 19.5 Å². The summed E-state index contributed by atoms with van der Waals surface area (Å²) in [6.07, 6.45) is 2.44. The normalized spacial score (nSPS) is 13.3. The van der Waals surface area contributed by atoms with Crippen LogP contribution >= 0.6 is 12.4 Å². The number of carbonyl (C=O) groups excluding carboxylic acids is 1. The molecule has 3 aromatic carbocycles. The number of aryl methyl sites for hydroxylation is 1. The summed E-state index contributed by atoms with van der Waals surface area (Å²) in [4.78, 5) is 67.8. The molecule has 0 radical (unpaired) electrons. The molecular weight excluding hydrogens is 681 g/mol. The maximum atomic E-state index is 13.5. The van der Waals surface area contributed by atoms with Gasteiger partial charge in [0.05, 0.1) is 12.2 Å². The third-order valence-corrected chi connectivity index (χ3v) is 7.87. The van der Waals surface area contributed by atoms with Gasteiger partial charge in [-0.25, -0.2) is 19.0 Å². The standard InChI is InChI=1S/C19H14N6O6.C12H12FN3O2.ClH/c26-14-7-25-13(17(28)29)6-12(21-18(25)22-14)16(27)20-11-4-2-8-5-9(1-3-10(8)11)15-23-19(30)31-24-15;13-8-2-1-6(4-14)3-7(8)5-16-10-9(15)11(17)12(10)18;/h1,3,5-7,11,26H,2,4H2,(H,20,27)(H,28,29)(H,23,24,30);1-3,16H,4-5,14-15H2;1H/t11-;;/m0../s1. The molecule has 9 N–H and O–H groups in total. The molecule has 6 aromatic rings. The number of fused-ring (bicyclic) bond motifs is 2. The quantitative estimate of drug-likeness (QED) is 0.110. The first-order valence-electron chi connectivity index (χ1n) is 14.6. The van der Waals surface area contributed by atoms with Gasteiger partial charge in [-0.1, -0.05) is 23.4 Å². The largest absolute Gasteiger partial charge is 0.492 e. The van der Waals surface area contributed by atoms with Gasteiger partial charge in [0.1, 0.15) is 28.6 Å². The molecule has 0 aliphatic heterocycles. The van der Waals surface area contributed by atoms with E-state index in [0.29, 0.717) is 36.3 Å². The van der Waals surface area contributed by atoms with Gasteiger partial charge >= 0.3 is 11.7 Å². The number of hydrogen-bond donors (Lipinski definition) is 7. The van der Waals surface area contributed by atoms with Crippen LogP contribution < -0.4 is 38.7 Å². The highest BCUT2D eigenvalue weighted by Gasteiger charge is 2.27. The van der Waals surface area contributed by atoms with Crippen LogP contribution in [0.2, 0.25) is 0 Å². The summed E-state index contributed by atoms with van der Waals surface area (Å²) >= 11 is 0. The number of aromatic hydroxyl groups is 1. The molecule has 0 fully saturated rings. The molecule has 1 aliphatic carbocycles. The van der Waals surface area contributed by atoms with Gasteiger partial charge in [-0.15, -0.1) is 12.4 Å². The summed E-state index contributed by atoms with van der Waals surface area (Å²) in [6.45, 7) is 0.379. The third kappa shape index (κ3) is 6.78. The fourth-order valence-electron chi connectivity index (χ4n) is 5.39. The highest BCUT2D eigenvalue weighted by Crippen LogP contribution is 2.33. The van der Waals surface area contributed by atoms with Gasteiger partial charge in [0, 0.05) is 30.3 Å². The number of hydrogen-bond acceptors (Lipinski definition) is 13. The van der Waals surface area contributed by atoms with Gasteiger partial charge in [-0.05, 0) is 47.7 Å². The molecular formula is C31H27ClFN9O8. The zero-order valence-electron chi connectivity index (χ0n) is 25.6. The number of amides is 1. The Labute approximate surface area is 284 Å². The number of benzene rings is 2. The molecule has 1 atom stereocenters. The average molecular weight is 708 g/mol. The fourth-order valence-corrected chi connectivity index (χ4v) is 5.39. The van der Waals surface area contributed by atoms with Crippen molar-refractivity contribution in [3.8, 4) is 17.3 Å². The van der Waals surface area contributed by atoms with Gasteiger partial charge in [0.25, 0.3) is 16.8 Å². The minimum absolute atomic E-state index is 0. The zero-order valence-corrected chi connectivity index (χ0v) is 26.4. The Balaban J connectivity index is 0.000000219. The van der Waals surface area contributed by atoms with Gasteiger partial charge in [-0.3, -0.25) is 28.3 Å². The molecule has 7 rings (SSSR count). The van der Waals surface area contributed by atoms with Crippen molar-refractivity contribution in [3.05, 3.63) is 119 Å². The van der Waals surface area contributed by atoms with Crippen LogP contribution in [0.3, 0.4) is 0 Å². The van der Waals surface area contributed by atoms with E-state index in [4.69, 9.17) is 11.5 Å². The van der Waals surface area contributed by atoms with Crippen molar-refractivity contribution in [3.63, 3.8) is 0 Å². The zero-order chi connectivity index (χ0) is 35.0. The smallest absolute Gasteiger partial charge is 0.439 e. The molecule has 0 saturated carbocycles. The van der Waals surface area contributed by atoms with Crippen molar-refractivity contribution >= 4 is 41.4 Å². The summed E-state index contributed by atoms with van der Waals surface area (Å²) in [5.41, 5.74) is 12.7. The minimum atomic E-state index is -1.29. The monoisotopic (exact) mass is 707 g/mol. The van der Waals surface area contributed by atoms with Crippen molar-refractivity contribution < 1.29 is 28.7 Å². The Morgan fingerprint density at radius 1 is 1.10 bits per heavy atom. The fraction of sp³-hybridized carbons (Fsp3) is 0.161. The first-order chi connectivity index (χ1) is 23.4. The maximum Gasteiger partial charge on any atom is 0.439 e. The van der Waals surface area contributed by atoms with Crippen molar-refractivity contribution in [2.24, 2.45) is 5.73 Å². The lowest BCUT2D eigenvalue weighted by atomic mass is 10.0. The number of aromatic carboxylic acids is 1. The predicted molar refractivity (Wildman–Crippen MR) is 177 cm³/mol. The maximum absolute atomic E-state index is 13.5. The van der Waals surface area contributed by atoms with Crippen molar-refractivity contribution in [1.82, 2.24) is 29.8 Å². The predicted octanol–water partition coefficient (Wildman–Crippen LogP) is 1.39. The summed E-state index contributed by atoms with van der Waals surface area (Å²) in [6, 6.07) is 10.8. The van der Waals surface area contributed by atoms with E-state index in [1.165, 1.54) is 6.07 Å². The van der Waals surface area contributed by atoms with Crippen molar-refractivity contribution in [2.45, 2.75) is 32.0 Å². The van der Waals surface area contributed by atoms with Crippen LogP contribution in [0.4, 0.5) is 15.8 Å². The molecule has 0 saturated heterocycles. The molecule has 258 valence electrons. The van der Waals surface area contributed by atoms with Crippen LogP contribution in [0.25, 0.3) is 17.2 Å². The number of nitrogen functional groups attached to an aromatic ring is 1. The molecule has 3 heterocycles. The minimum Gasteiger partial charge on any atom is -0.492 e. The Morgan fingerprint density at radius 2 is 1.88 bits per heavy atom. The number of nitrogens with one attached hydrogen (secondary N) is 3. The number of rotatable bonds is 8. The van der Waals surface area contributed by atoms with E-state index in [1.54, 1.807) is 18.2 Å². The number of nitrogens with zero attached hydrogens (tertiary/aromatic N) is 4. The number of aromatic nitrogens is 5. The molecule has 19 heteroatoms. The first kappa shape index (κ1) is 34.9. The number of carboxylic acid groups (broad SMARTS) is 1. The highest BCUT2D eigenvalue weighted by atomic mass is 35.5. The van der Waals surface area contributed by atoms with E-state index in [9.17, 15) is 38.6 Å². The SMILES string of the molecule is Cl.NCc1ccc(F)c(CNc2c(N)c(=O)c2=O)c1.O=C(N[C@H]1CCc2cc(-c3noc(=O)[nH]3)ccc21)c1cc(C(=O)O)n2cc(O)nc2n1. The summed E-state index contributed by atoms with van der Waals surface area (Å²) in [7, 11) is 0. The molecule has 0 spiro atoms. The van der Waals surface area contributed by atoms with Crippen molar-refractivity contribution in [2.75, 3.05) is 11.1 Å². The number of halogens is 2. The summed E-state index contributed by atoms with van der Waals surface area (Å²) in [5, 5.41) is 28.2. The molecule has 17 nitrogen and oxygen atoms in total. The first-order valence-corrected chi connectivity index (χ1v) is 14.6. The lowest BCUT2D eigenvalue weighted by Crippen LogP contribution is -2.37. The van der Waals surface area contributed by atoms with E-state index in [2.05, 4.69) is 35.3 Å².